The van der Waals surface area contributed by atoms with Gasteiger partial charge in [-0.05, 0) is 50.6 Å². The summed E-state index contributed by atoms with van der Waals surface area (Å²) in [6.45, 7) is 8.92. The van der Waals surface area contributed by atoms with Gasteiger partial charge in [-0.15, -0.1) is 0 Å². The molecule has 0 atom stereocenters. The summed E-state index contributed by atoms with van der Waals surface area (Å²) in [5.74, 6) is -0.140. The Labute approximate surface area is 234 Å². The second-order valence-corrected chi connectivity index (χ2v) is 10.7. The van der Waals surface area contributed by atoms with E-state index in [4.69, 9.17) is 4.74 Å². The number of amides is 2. The van der Waals surface area contributed by atoms with Crippen LogP contribution in [0.5, 0.6) is 0 Å². The zero-order chi connectivity index (χ0) is 27.6. The molecule has 0 saturated carbocycles. The minimum Gasteiger partial charge on any atom is -0.381 e. The van der Waals surface area contributed by atoms with E-state index in [1.165, 1.54) is 5.69 Å². The first-order chi connectivity index (χ1) is 19.5. The smallest absolute Gasteiger partial charge is 0.333 e. The van der Waals surface area contributed by atoms with Crippen molar-refractivity contribution in [2.75, 3.05) is 63.2 Å². The standard InChI is InChI=1S/C30H37N7O3/c1-3-36-14-5-15-37(17-16-36)22-10-8-20(9-11-22)27-26-28(33-32-27)23-6-4-7-24(25(23)29(26)38)31-30(39)34-35(2)21-12-18-40-19-13-21/h4,6-11,21H,3,5,12-19H2,1-2H3,(H,32,33)(H2,31,34,39). The van der Waals surface area contributed by atoms with E-state index in [1.807, 2.05) is 36.3 Å². The molecule has 2 fully saturated rings. The first-order valence-electron chi connectivity index (χ1n) is 14.3. The molecule has 210 valence electrons. The Morgan fingerprint density at radius 2 is 1.88 bits per heavy atom. The van der Waals surface area contributed by atoms with E-state index in [0.717, 1.165) is 63.1 Å². The van der Waals surface area contributed by atoms with Crippen molar-refractivity contribution in [1.82, 2.24) is 25.5 Å². The molecular formula is C30H37N7O3. The molecule has 2 aromatic carbocycles. The lowest BCUT2D eigenvalue weighted by Gasteiger charge is -2.31. The number of aromatic amines is 1. The van der Waals surface area contributed by atoms with Crippen molar-refractivity contribution in [3.05, 3.63) is 53.6 Å². The predicted octanol–water partition coefficient (Wildman–Crippen LogP) is 3.97. The molecule has 2 aliphatic heterocycles. The molecular weight excluding hydrogens is 506 g/mol. The van der Waals surface area contributed by atoms with Crippen molar-refractivity contribution < 1.29 is 14.3 Å². The third kappa shape index (κ3) is 5.10. The number of H-pyrrole nitrogens is 1. The highest BCUT2D eigenvalue weighted by molar-refractivity contribution is 6.26. The summed E-state index contributed by atoms with van der Waals surface area (Å²) in [4.78, 5) is 31.5. The van der Waals surface area contributed by atoms with Crippen LogP contribution >= 0.6 is 0 Å². The number of fused-ring (bicyclic) bond motifs is 3. The molecule has 0 bridgehead atoms. The third-order valence-corrected chi connectivity index (χ3v) is 8.36. The fraction of sp³-hybridized carbons (Fsp3) is 0.433. The summed E-state index contributed by atoms with van der Waals surface area (Å²) >= 11 is 0. The van der Waals surface area contributed by atoms with Crippen molar-refractivity contribution in [2.45, 2.75) is 32.2 Å². The number of likely N-dealkylation sites (N-methyl/N-ethyl adjacent to an activating group) is 1. The second kappa shape index (κ2) is 11.4. The van der Waals surface area contributed by atoms with Gasteiger partial charge in [-0.3, -0.25) is 15.3 Å². The van der Waals surface area contributed by atoms with Crippen LogP contribution in [0.1, 0.15) is 42.1 Å². The summed E-state index contributed by atoms with van der Waals surface area (Å²) in [5.41, 5.74) is 8.54. The minimum absolute atomic E-state index is 0.140. The highest BCUT2D eigenvalue weighted by Crippen LogP contribution is 2.43. The summed E-state index contributed by atoms with van der Waals surface area (Å²) in [7, 11) is 1.86. The van der Waals surface area contributed by atoms with Gasteiger partial charge in [0.15, 0.2) is 5.78 Å². The van der Waals surface area contributed by atoms with Crippen LogP contribution in [0, 0.1) is 0 Å². The van der Waals surface area contributed by atoms with Crippen LogP contribution in [0.25, 0.3) is 22.5 Å². The van der Waals surface area contributed by atoms with Crippen molar-refractivity contribution in [3.8, 4) is 22.5 Å². The minimum atomic E-state index is -0.379. The number of hydrogen-bond donors (Lipinski definition) is 3. The molecule has 1 aromatic heterocycles. The van der Waals surface area contributed by atoms with Crippen LogP contribution in [-0.4, -0.2) is 90.9 Å². The molecule has 0 spiro atoms. The van der Waals surface area contributed by atoms with Gasteiger partial charge in [0.25, 0.3) is 0 Å². The number of aromatic nitrogens is 2. The number of nitrogens with one attached hydrogen (secondary N) is 3. The average Bonchev–Trinajstić information content (AvgIpc) is 3.43. The number of nitrogens with zero attached hydrogens (tertiary/aromatic N) is 4. The maximum Gasteiger partial charge on any atom is 0.333 e. The third-order valence-electron chi connectivity index (χ3n) is 8.36. The lowest BCUT2D eigenvalue weighted by atomic mass is 10.0. The van der Waals surface area contributed by atoms with E-state index in [2.05, 4.69) is 49.8 Å². The van der Waals surface area contributed by atoms with Gasteiger partial charge in [0.05, 0.1) is 22.5 Å². The van der Waals surface area contributed by atoms with E-state index in [1.54, 1.807) is 6.07 Å². The zero-order valence-electron chi connectivity index (χ0n) is 23.2. The van der Waals surface area contributed by atoms with Crippen LogP contribution in [0.2, 0.25) is 0 Å². The Morgan fingerprint density at radius 1 is 1.07 bits per heavy atom. The molecule has 10 nitrogen and oxygen atoms in total. The van der Waals surface area contributed by atoms with E-state index in [9.17, 15) is 9.59 Å². The summed E-state index contributed by atoms with van der Waals surface area (Å²) in [6.07, 6.45) is 2.86. The van der Waals surface area contributed by atoms with Crippen LogP contribution < -0.4 is 15.6 Å². The van der Waals surface area contributed by atoms with Crippen molar-refractivity contribution >= 4 is 23.2 Å². The van der Waals surface area contributed by atoms with Crippen LogP contribution in [0.4, 0.5) is 16.2 Å². The Bertz CT molecular complexity index is 1380. The van der Waals surface area contributed by atoms with Crippen molar-refractivity contribution in [3.63, 3.8) is 0 Å². The van der Waals surface area contributed by atoms with Crippen molar-refractivity contribution in [2.24, 2.45) is 0 Å². The number of ketones is 1. The average molecular weight is 544 g/mol. The van der Waals surface area contributed by atoms with Gasteiger partial charge in [0.1, 0.15) is 5.69 Å². The highest BCUT2D eigenvalue weighted by Gasteiger charge is 2.35. The Balaban J connectivity index is 1.18. The number of anilines is 2. The Kier molecular flexibility index (Phi) is 7.55. The number of carbonyl (C=O) groups is 2. The number of hydrogen-bond acceptors (Lipinski definition) is 7. The fourth-order valence-electron chi connectivity index (χ4n) is 6.05. The lowest BCUT2D eigenvalue weighted by Crippen LogP contribution is -2.49. The van der Waals surface area contributed by atoms with Gasteiger partial charge in [-0.2, -0.15) is 5.10 Å². The van der Waals surface area contributed by atoms with E-state index in [-0.39, 0.29) is 17.9 Å². The van der Waals surface area contributed by atoms with Gasteiger partial charge in [-0.1, -0.05) is 31.2 Å². The summed E-state index contributed by atoms with van der Waals surface area (Å²) < 4.78 is 5.42. The highest BCUT2D eigenvalue weighted by atomic mass is 16.5. The number of urea groups is 1. The summed E-state index contributed by atoms with van der Waals surface area (Å²) in [6, 6.07) is 13.7. The van der Waals surface area contributed by atoms with Gasteiger partial charge in [-0.25, -0.2) is 9.80 Å². The van der Waals surface area contributed by atoms with E-state index < -0.39 is 0 Å². The van der Waals surface area contributed by atoms with Crippen LogP contribution in [-0.2, 0) is 4.74 Å². The first kappa shape index (κ1) is 26.5. The lowest BCUT2D eigenvalue weighted by molar-refractivity contribution is 0.0312. The van der Waals surface area contributed by atoms with E-state index >= 15 is 0 Å². The number of carbonyl (C=O) groups excluding carboxylic acids is 2. The maximum atomic E-state index is 13.8. The zero-order valence-corrected chi connectivity index (χ0v) is 23.2. The maximum absolute atomic E-state index is 13.8. The largest absolute Gasteiger partial charge is 0.381 e. The first-order valence-corrected chi connectivity index (χ1v) is 14.3. The second-order valence-electron chi connectivity index (χ2n) is 10.7. The van der Waals surface area contributed by atoms with Gasteiger partial charge < -0.3 is 19.9 Å². The normalized spacial score (nSPS) is 18.0. The number of ether oxygens (including phenoxy) is 1. The van der Waals surface area contributed by atoms with Gasteiger partial charge >= 0.3 is 6.03 Å². The van der Waals surface area contributed by atoms with Crippen molar-refractivity contribution in [1.29, 1.82) is 0 Å². The molecule has 3 N–H and O–H groups in total. The quantitative estimate of drug-likeness (QED) is 0.316. The number of hydrazine groups is 1. The van der Waals surface area contributed by atoms with Crippen LogP contribution in [0.15, 0.2) is 42.5 Å². The molecule has 3 aromatic rings. The fourth-order valence-corrected chi connectivity index (χ4v) is 6.05. The molecule has 6 rings (SSSR count). The predicted molar refractivity (Wildman–Crippen MR) is 156 cm³/mol. The molecule has 0 radical (unpaired) electrons. The van der Waals surface area contributed by atoms with Gasteiger partial charge in [0, 0.05) is 62.8 Å². The van der Waals surface area contributed by atoms with Crippen LogP contribution in [0.3, 0.4) is 0 Å². The Morgan fingerprint density at radius 3 is 2.65 bits per heavy atom. The van der Waals surface area contributed by atoms with Gasteiger partial charge in [0.2, 0.25) is 0 Å². The number of benzene rings is 2. The molecule has 2 amide bonds. The monoisotopic (exact) mass is 543 g/mol. The number of rotatable bonds is 6. The topological polar surface area (TPSA) is 106 Å². The molecule has 2 saturated heterocycles. The van der Waals surface area contributed by atoms with E-state index in [0.29, 0.717) is 41.4 Å². The molecule has 1 aliphatic carbocycles. The molecule has 3 aliphatic rings. The molecule has 10 heteroatoms. The Hall–Kier alpha value is -3.73. The molecule has 3 heterocycles. The summed E-state index contributed by atoms with van der Waals surface area (Å²) in [5, 5.41) is 12.3. The SMILES string of the molecule is CCN1CCCN(c2ccc(-c3n[nH]c4c3C(=O)c3c(NC(=O)NN(C)C5CCOCC5)cccc3-4)cc2)CC1. The molecule has 0 unspecified atom stereocenters. The molecule has 40 heavy (non-hydrogen) atoms.